The number of pyridine rings is 1. The number of aryl methyl sites for hydroxylation is 3. The molecule has 0 bridgehead atoms. The Labute approximate surface area is 702 Å². The number of ether oxygens (including phenoxy) is 5. The first-order valence-electron chi connectivity index (χ1n) is 39.9. The lowest BCUT2D eigenvalue weighted by Crippen LogP contribution is -2.33. The van der Waals surface area contributed by atoms with Gasteiger partial charge in [-0.25, -0.2) is 26.9 Å². The molecule has 0 spiro atoms. The number of phenolic OH excluding ortho intramolecular Hbond substituents is 2. The van der Waals surface area contributed by atoms with Crippen LogP contribution in [0.3, 0.4) is 0 Å². The van der Waals surface area contributed by atoms with Crippen molar-refractivity contribution in [2.45, 2.75) is 116 Å². The summed E-state index contributed by atoms with van der Waals surface area (Å²) in [6, 6.07) is 65.4. The second kappa shape index (κ2) is 37.2. The lowest BCUT2D eigenvalue weighted by atomic mass is 9.86. The summed E-state index contributed by atoms with van der Waals surface area (Å²) in [7, 11) is 1.28. The Bertz CT molecular complexity index is 5690. The van der Waals surface area contributed by atoms with Crippen LogP contribution in [-0.4, -0.2) is 109 Å². The molecule has 5 aliphatic carbocycles. The fourth-order valence-electron chi connectivity index (χ4n) is 17.1. The second-order valence-corrected chi connectivity index (χ2v) is 32.2. The second-order valence-electron chi connectivity index (χ2n) is 31.3. The highest BCUT2D eigenvalue weighted by molar-refractivity contribution is 7.13. The monoisotopic (exact) mass is 1660 g/mol. The van der Waals surface area contributed by atoms with Gasteiger partial charge in [-0.1, -0.05) is 159 Å². The van der Waals surface area contributed by atoms with E-state index in [1.165, 1.54) is 29.6 Å². The van der Waals surface area contributed by atoms with Crippen molar-refractivity contribution < 1.29 is 93.1 Å². The Kier molecular flexibility index (Phi) is 26.4. The largest absolute Gasteiger partial charge is 0.508 e. The van der Waals surface area contributed by atoms with E-state index in [1.54, 1.807) is 95.9 Å². The number of amides is 5. The van der Waals surface area contributed by atoms with Crippen molar-refractivity contribution in [2.24, 2.45) is 39.9 Å². The van der Waals surface area contributed by atoms with Crippen LogP contribution in [0.4, 0.5) is 5.13 Å². The van der Waals surface area contributed by atoms with Crippen LogP contribution < -0.4 is 36.7 Å². The summed E-state index contributed by atoms with van der Waals surface area (Å²) in [4.78, 5) is 107. The lowest BCUT2D eigenvalue weighted by Gasteiger charge is -2.20. The van der Waals surface area contributed by atoms with Gasteiger partial charge in [0.25, 0.3) is 0 Å². The molecule has 11 N–H and O–H groups in total. The first kappa shape index (κ1) is 85.9. The number of anilines is 1. The van der Waals surface area contributed by atoms with Crippen LogP contribution in [0.15, 0.2) is 218 Å². The summed E-state index contributed by atoms with van der Waals surface area (Å²) < 4.78 is 27.3. The lowest BCUT2D eigenvalue weighted by molar-refractivity contribution is -0.152. The number of esters is 3. The van der Waals surface area contributed by atoms with Crippen LogP contribution >= 0.6 is 11.3 Å². The van der Waals surface area contributed by atoms with E-state index in [-0.39, 0.29) is 48.9 Å². The van der Waals surface area contributed by atoms with Gasteiger partial charge in [-0.15, -0.1) is 11.3 Å². The molecule has 0 aliphatic heterocycles. The zero-order valence-electron chi connectivity index (χ0n) is 67.5. The number of aromatic hydroxyl groups is 2. The highest BCUT2D eigenvalue weighted by Crippen LogP contribution is 2.60. The number of nitrogens with zero attached hydrogens (tertiary/aromatic N) is 2. The number of benzene rings is 9. The van der Waals surface area contributed by atoms with Crippen LogP contribution in [0, 0.1) is 53.8 Å². The molecule has 11 aromatic rings. The molecule has 4 fully saturated rings. The van der Waals surface area contributed by atoms with Gasteiger partial charge in [-0.3, -0.25) is 64.2 Å². The first-order chi connectivity index (χ1) is 58.4. The molecule has 10 atom stereocenters. The standard InChI is InChI=1S/C26H24N4O4S.C26H27NO5.C23H25NO5.C19H19NO5/c1-16-12-18(20-4-2-3-5-22(20)28-16)15-34-19-8-6-17(7-9-19)13-26(14-21(26)23(31)30-33)24(32)29-25-27-10-11-35-25;1-3-32-25(30)26(15-22(26)24(29)27-31)14-17-11-12-23(28)21(13-17)16(2)19-10-6-8-18-7-4-5-9-20(18)19;1-2-29-22(27)23(13-19(23)21(26)24-28)12-14-7-10-20(25)18(11-14)17-9-8-15-5-3-4-6-16(15)17;1-12-6-3-4-9-16(12)25-14-8-5-7-13(10-14)19(18(22)24-2)11-15(19)17(21)20-23/h2-12,21,33H,13-15H2,1H3,(H,30,31)(H,27,29,32);4-13,16,22,28,31H,3,14-15H2,1-2H3,(H,27,29);3-7,10-11,17,19,25,28H,2,8-9,12-13H2,1H3,(H,24,26);3-10,15,23H,11H2,1-2H3,(H,20,21)/t21-,26+;16?,22-,26+;17?,19-,23+;15-,19-/m1110/s1. The summed E-state index contributed by atoms with van der Waals surface area (Å²) in [5.74, 6) is -4.06. The third-order valence-corrected chi connectivity index (χ3v) is 24.5. The number of aromatic nitrogens is 2. The number of hydrogen-bond acceptors (Lipinski definition) is 22. The predicted octanol–water partition coefficient (Wildman–Crippen LogP) is 14.4. The molecule has 27 heteroatoms. The van der Waals surface area contributed by atoms with Crippen LogP contribution in [0.25, 0.3) is 21.7 Å². The first-order valence-corrected chi connectivity index (χ1v) is 40.8. The smallest absolute Gasteiger partial charge is 0.317 e. The van der Waals surface area contributed by atoms with Crippen LogP contribution in [0.1, 0.15) is 132 Å². The number of hydrogen-bond donors (Lipinski definition) is 11. The fourth-order valence-corrected chi connectivity index (χ4v) is 17.6. The quantitative estimate of drug-likeness (QED) is 0.0104. The SMILES string of the molecule is CCOC(=O)[C@@]1(Cc2ccc(O)c(C(C)c3cccc4ccccc34)c2)C[C@@H]1C(=O)NO.CCOC(=O)[C@@]1(Cc2ccc(O)c(C3CCc4ccccc43)c2)C[C@@H]1C(=O)NO.COC(=O)[C@]1(c2cccc(Oc3ccccc3C)c2)C[C@H]1C(=O)NO.Cc1cc(COc2ccc(C[C@]3(C(=O)Nc4nccs4)C[C@@H]3C(=O)NO)cc2)c2ccccc2n1. The Morgan fingerprint density at radius 2 is 1.11 bits per heavy atom. The number of carbonyl (C=O) groups is 8. The third-order valence-electron chi connectivity index (χ3n) is 23.8. The average Bonchev–Trinajstić information content (AvgIpc) is 1.46. The van der Waals surface area contributed by atoms with E-state index in [0.717, 1.165) is 84.7 Å². The molecule has 121 heavy (non-hydrogen) atoms. The number of nitrogens with one attached hydrogen (secondary N) is 5. The van der Waals surface area contributed by atoms with Crippen molar-refractivity contribution in [3.8, 4) is 28.7 Å². The van der Waals surface area contributed by atoms with Crippen LogP contribution in [0.5, 0.6) is 28.7 Å². The van der Waals surface area contributed by atoms with Crippen molar-refractivity contribution in [3.05, 3.63) is 285 Å². The Hall–Kier alpha value is -12.9. The summed E-state index contributed by atoms with van der Waals surface area (Å²) in [5, 5.41) is 65.5. The molecule has 2 aromatic heterocycles. The zero-order chi connectivity index (χ0) is 85.9. The highest BCUT2D eigenvalue weighted by Gasteiger charge is 2.68. The number of rotatable bonds is 26. The van der Waals surface area contributed by atoms with Crippen molar-refractivity contribution >= 4 is 85.6 Å². The summed E-state index contributed by atoms with van der Waals surface area (Å²) >= 11 is 1.31. The maximum Gasteiger partial charge on any atom is 0.317 e. The zero-order valence-corrected chi connectivity index (χ0v) is 68.3. The van der Waals surface area contributed by atoms with E-state index in [2.05, 4.69) is 51.7 Å². The van der Waals surface area contributed by atoms with E-state index < -0.39 is 86.9 Å². The minimum absolute atomic E-state index is 0.0877. The van der Waals surface area contributed by atoms with Crippen molar-refractivity contribution in [3.63, 3.8) is 0 Å². The van der Waals surface area contributed by atoms with E-state index >= 15 is 0 Å². The van der Waals surface area contributed by atoms with Gasteiger partial charge < -0.3 is 39.2 Å². The number of phenols is 2. The number of carbonyl (C=O) groups excluding carboxylic acids is 8. The molecular weight excluding hydrogens is 1560 g/mol. The van der Waals surface area contributed by atoms with Crippen LogP contribution in [-0.2, 0) is 90.3 Å². The molecule has 5 amide bonds. The Balaban J connectivity index is 0.000000140. The number of thiazole rings is 1. The van der Waals surface area contributed by atoms with Gasteiger partial charge in [0, 0.05) is 51.2 Å². The minimum atomic E-state index is -1.09. The van der Waals surface area contributed by atoms with Crippen molar-refractivity contribution in [1.82, 2.24) is 31.9 Å². The fraction of sp³-hybridized carbons (Fsp3) is 0.298. The molecule has 2 unspecified atom stereocenters. The molecule has 26 nitrogen and oxygen atoms in total. The van der Waals surface area contributed by atoms with Gasteiger partial charge in [0.2, 0.25) is 29.5 Å². The van der Waals surface area contributed by atoms with Crippen LogP contribution in [0.2, 0.25) is 0 Å². The maximum atomic E-state index is 13.1. The number of hydroxylamine groups is 4. The number of para-hydroxylation sites is 2. The predicted molar refractivity (Wildman–Crippen MR) is 447 cm³/mol. The number of fused-ring (bicyclic) bond motifs is 3. The molecule has 5 aliphatic rings. The third kappa shape index (κ3) is 18.5. The van der Waals surface area contributed by atoms with Crippen molar-refractivity contribution in [2.75, 3.05) is 25.6 Å². The molecule has 9 aromatic carbocycles. The molecule has 16 rings (SSSR count). The van der Waals surface area contributed by atoms with E-state index in [4.69, 9.17) is 44.5 Å². The Morgan fingerprint density at radius 3 is 1.76 bits per heavy atom. The van der Waals surface area contributed by atoms with Gasteiger partial charge in [0.15, 0.2) is 5.13 Å². The van der Waals surface area contributed by atoms with Gasteiger partial charge in [0.05, 0.1) is 65.8 Å². The molecule has 4 saturated carbocycles. The summed E-state index contributed by atoms with van der Waals surface area (Å²) in [5.41, 5.74) is 15.0. The minimum Gasteiger partial charge on any atom is -0.508 e. The molecular formula is C94H95N7O19S. The van der Waals surface area contributed by atoms with E-state index in [9.17, 15) is 48.6 Å². The summed E-state index contributed by atoms with van der Waals surface area (Å²) in [6.07, 6.45) is 5.75. The normalized spacial score (nSPS) is 21.2. The Morgan fingerprint density at radius 1 is 0.537 bits per heavy atom. The van der Waals surface area contributed by atoms with E-state index in [1.807, 2.05) is 142 Å². The maximum absolute atomic E-state index is 13.1. The highest BCUT2D eigenvalue weighted by atomic mass is 32.1. The molecule has 0 saturated heterocycles. The molecule has 0 radical (unpaired) electrons. The molecule has 2 heterocycles. The topological polar surface area (TPSA) is 390 Å². The van der Waals surface area contributed by atoms with Gasteiger partial charge in [-0.05, 0) is 195 Å². The average molecular weight is 1660 g/mol. The molecule has 626 valence electrons. The van der Waals surface area contributed by atoms with Crippen molar-refractivity contribution in [1.29, 1.82) is 0 Å². The van der Waals surface area contributed by atoms with Gasteiger partial charge in [-0.2, -0.15) is 0 Å². The summed E-state index contributed by atoms with van der Waals surface area (Å²) in [6.45, 7) is 10.2. The number of methoxy groups -OCH3 is 1. The van der Waals surface area contributed by atoms with E-state index in [0.29, 0.717) is 73.1 Å². The van der Waals surface area contributed by atoms with Gasteiger partial charge >= 0.3 is 17.9 Å². The van der Waals surface area contributed by atoms with Gasteiger partial charge in [0.1, 0.15) is 40.8 Å².